The van der Waals surface area contributed by atoms with Crippen molar-refractivity contribution in [3.8, 4) is 0 Å². The lowest BCUT2D eigenvalue weighted by Crippen LogP contribution is -2.21. The first-order valence-corrected chi connectivity index (χ1v) is 9.75. The molecule has 3 heterocycles. The molecule has 9 heteroatoms. The number of carbonyl (C=O) groups excluding carboxylic acids is 2. The minimum atomic E-state index is -0.412. The van der Waals surface area contributed by atoms with Crippen LogP contribution in [0.15, 0.2) is 45.2 Å². The van der Waals surface area contributed by atoms with E-state index in [4.69, 9.17) is 0 Å². The van der Waals surface area contributed by atoms with E-state index in [1.54, 1.807) is 26.3 Å². The second kappa shape index (κ2) is 8.56. The monoisotopic (exact) mass is 399 g/mol. The van der Waals surface area contributed by atoms with Crippen molar-refractivity contribution in [1.82, 2.24) is 15.8 Å². The number of hydrazone groups is 2. The number of thiophene rings is 2. The van der Waals surface area contributed by atoms with Gasteiger partial charge in [-0.3, -0.25) is 9.59 Å². The van der Waals surface area contributed by atoms with Crippen LogP contribution in [0, 0.1) is 13.8 Å². The van der Waals surface area contributed by atoms with Crippen LogP contribution in [0.25, 0.3) is 0 Å². The third kappa shape index (κ3) is 4.57. The smallest absolute Gasteiger partial charge is 0.288 e. The van der Waals surface area contributed by atoms with Crippen molar-refractivity contribution in [2.24, 2.45) is 10.2 Å². The molecule has 0 aliphatic heterocycles. The number of carbonyl (C=O) groups is 2. The van der Waals surface area contributed by atoms with Gasteiger partial charge < -0.3 is 4.98 Å². The van der Waals surface area contributed by atoms with Crippen LogP contribution >= 0.6 is 22.7 Å². The molecular formula is C18H17N5O2S2. The maximum Gasteiger partial charge on any atom is 0.288 e. The highest BCUT2D eigenvalue weighted by molar-refractivity contribution is 7.12. The van der Waals surface area contributed by atoms with Crippen molar-refractivity contribution in [2.45, 2.75) is 13.8 Å². The van der Waals surface area contributed by atoms with Gasteiger partial charge in [-0.15, -0.1) is 22.7 Å². The number of rotatable bonds is 6. The average Bonchev–Trinajstić information content (AvgIpc) is 3.37. The second-order valence-corrected chi connectivity index (χ2v) is 7.51. The molecule has 0 radical (unpaired) electrons. The fourth-order valence-corrected chi connectivity index (χ4v) is 3.64. The number of H-pyrrole nitrogens is 1. The highest BCUT2D eigenvalue weighted by atomic mass is 32.1. The molecule has 138 valence electrons. The Bertz CT molecular complexity index is 986. The summed E-state index contributed by atoms with van der Waals surface area (Å²) in [4.78, 5) is 29.6. The van der Waals surface area contributed by atoms with Crippen molar-refractivity contribution >= 4 is 46.9 Å². The van der Waals surface area contributed by atoms with E-state index in [9.17, 15) is 9.59 Å². The summed E-state index contributed by atoms with van der Waals surface area (Å²) >= 11 is 3.04. The number of hydrogen-bond donors (Lipinski definition) is 3. The van der Waals surface area contributed by atoms with Gasteiger partial charge in [0.2, 0.25) is 0 Å². The number of aromatic amines is 1. The van der Waals surface area contributed by atoms with Gasteiger partial charge in [-0.25, -0.2) is 10.9 Å². The highest BCUT2D eigenvalue weighted by Gasteiger charge is 2.21. The second-order valence-electron chi connectivity index (χ2n) is 5.55. The van der Waals surface area contributed by atoms with Gasteiger partial charge in [-0.2, -0.15) is 10.2 Å². The summed E-state index contributed by atoms with van der Waals surface area (Å²) in [5.74, 6) is -0.792. The Morgan fingerprint density at radius 2 is 1.52 bits per heavy atom. The minimum absolute atomic E-state index is 0.295. The van der Waals surface area contributed by atoms with Crippen LogP contribution in [0.5, 0.6) is 0 Å². The highest BCUT2D eigenvalue weighted by Crippen LogP contribution is 2.18. The summed E-state index contributed by atoms with van der Waals surface area (Å²) < 4.78 is 0. The number of hydrogen-bond acceptors (Lipinski definition) is 6. The van der Waals surface area contributed by atoms with Crippen LogP contribution in [0.2, 0.25) is 0 Å². The molecule has 0 saturated carbocycles. The maximum atomic E-state index is 12.4. The molecule has 3 aromatic heterocycles. The van der Waals surface area contributed by atoms with E-state index in [-0.39, 0.29) is 5.91 Å². The summed E-state index contributed by atoms with van der Waals surface area (Å²) in [6.45, 7) is 3.44. The lowest BCUT2D eigenvalue weighted by atomic mass is 10.1. The minimum Gasteiger partial charge on any atom is -0.354 e. The number of aryl methyl sites for hydroxylation is 1. The van der Waals surface area contributed by atoms with E-state index < -0.39 is 5.91 Å². The summed E-state index contributed by atoms with van der Waals surface area (Å²) in [6, 6.07) is 7.59. The third-order valence-corrected chi connectivity index (χ3v) is 5.31. The number of nitrogens with one attached hydrogen (secondary N) is 3. The number of amides is 2. The zero-order valence-corrected chi connectivity index (χ0v) is 16.3. The van der Waals surface area contributed by atoms with Crippen LogP contribution in [0.4, 0.5) is 0 Å². The molecule has 7 nitrogen and oxygen atoms in total. The molecule has 0 spiro atoms. The fourth-order valence-electron chi connectivity index (χ4n) is 2.47. The first-order chi connectivity index (χ1) is 13.1. The molecule has 0 bridgehead atoms. The largest absolute Gasteiger partial charge is 0.354 e. The first-order valence-electron chi connectivity index (χ1n) is 7.99. The van der Waals surface area contributed by atoms with Crippen molar-refractivity contribution in [1.29, 1.82) is 0 Å². The van der Waals surface area contributed by atoms with Crippen LogP contribution < -0.4 is 10.9 Å². The predicted molar refractivity (Wildman–Crippen MR) is 109 cm³/mol. The molecule has 0 saturated heterocycles. The van der Waals surface area contributed by atoms with Gasteiger partial charge in [0, 0.05) is 15.4 Å². The zero-order valence-electron chi connectivity index (χ0n) is 14.6. The van der Waals surface area contributed by atoms with Crippen molar-refractivity contribution in [3.05, 3.63) is 67.3 Å². The van der Waals surface area contributed by atoms with E-state index in [2.05, 4.69) is 26.0 Å². The lowest BCUT2D eigenvalue weighted by Gasteiger charge is -2.01. The predicted octanol–water partition coefficient (Wildman–Crippen LogP) is 3.28. The quantitative estimate of drug-likeness (QED) is 0.438. The SMILES string of the molecule is Cc1[nH]c(C(=O)N/N=C\c2cccs2)c(C)c1C(=O)N/N=C\c1cccs1. The fraction of sp³-hybridized carbons (Fsp3) is 0.111. The van der Waals surface area contributed by atoms with Crippen molar-refractivity contribution in [2.75, 3.05) is 0 Å². The Morgan fingerprint density at radius 1 is 0.963 bits per heavy atom. The Labute approximate surface area is 163 Å². The van der Waals surface area contributed by atoms with E-state index in [1.807, 2.05) is 35.0 Å². The van der Waals surface area contributed by atoms with E-state index in [0.29, 0.717) is 22.5 Å². The lowest BCUT2D eigenvalue weighted by molar-refractivity contribution is 0.0948. The molecule has 0 aliphatic carbocycles. The summed E-state index contributed by atoms with van der Waals surface area (Å²) in [5, 5.41) is 11.7. The summed E-state index contributed by atoms with van der Waals surface area (Å²) in [5.41, 5.74) is 6.77. The van der Waals surface area contributed by atoms with Crippen LogP contribution in [-0.4, -0.2) is 29.2 Å². The summed E-state index contributed by atoms with van der Waals surface area (Å²) in [6.07, 6.45) is 3.15. The zero-order chi connectivity index (χ0) is 19.2. The van der Waals surface area contributed by atoms with Crippen LogP contribution in [0.1, 0.15) is 41.9 Å². The van der Waals surface area contributed by atoms with Crippen LogP contribution in [-0.2, 0) is 0 Å². The maximum absolute atomic E-state index is 12.4. The van der Waals surface area contributed by atoms with Gasteiger partial charge in [0.25, 0.3) is 11.8 Å². The Morgan fingerprint density at radius 3 is 2.04 bits per heavy atom. The van der Waals surface area contributed by atoms with E-state index in [1.165, 1.54) is 22.7 Å². The molecule has 3 N–H and O–H groups in total. The topological polar surface area (TPSA) is 98.7 Å². The van der Waals surface area contributed by atoms with Gasteiger partial charge in [0.05, 0.1) is 18.0 Å². The number of nitrogens with zero attached hydrogens (tertiary/aromatic N) is 2. The molecular weight excluding hydrogens is 382 g/mol. The van der Waals surface area contributed by atoms with E-state index >= 15 is 0 Å². The van der Waals surface area contributed by atoms with Gasteiger partial charge >= 0.3 is 0 Å². The van der Waals surface area contributed by atoms with Crippen molar-refractivity contribution in [3.63, 3.8) is 0 Å². The Hall–Kier alpha value is -3.04. The van der Waals surface area contributed by atoms with Gasteiger partial charge in [0.15, 0.2) is 0 Å². The van der Waals surface area contributed by atoms with E-state index in [0.717, 1.165) is 9.75 Å². The molecule has 0 unspecified atom stereocenters. The van der Waals surface area contributed by atoms with Crippen LogP contribution in [0.3, 0.4) is 0 Å². The molecule has 0 aromatic carbocycles. The molecule has 3 aromatic rings. The molecule has 2 amide bonds. The molecule has 3 rings (SSSR count). The Kier molecular flexibility index (Phi) is 5.94. The normalized spacial score (nSPS) is 11.3. The molecule has 0 aliphatic rings. The molecule has 27 heavy (non-hydrogen) atoms. The van der Waals surface area contributed by atoms with Gasteiger partial charge in [-0.05, 0) is 42.3 Å². The van der Waals surface area contributed by atoms with Gasteiger partial charge in [-0.1, -0.05) is 12.1 Å². The number of aromatic nitrogens is 1. The Balaban J connectivity index is 1.67. The first kappa shape index (κ1) is 18.7. The van der Waals surface area contributed by atoms with Gasteiger partial charge in [0.1, 0.15) is 5.69 Å². The summed E-state index contributed by atoms with van der Waals surface area (Å²) in [7, 11) is 0. The average molecular weight is 400 g/mol. The van der Waals surface area contributed by atoms with Crippen molar-refractivity contribution < 1.29 is 9.59 Å². The molecule has 0 atom stereocenters. The third-order valence-electron chi connectivity index (χ3n) is 3.69. The molecule has 0 fully saturated rings. The standard InChI is InChI=1S/C18H17N5O2S2/c1-11-15(17(24)22-19-9-13-5-3-7-26-13)12(2)21-16(11)18(25)23-20-10-14-6-4-8-27-14/h3-10,21H,1-2H3,(H,22,24)(H,23,25)/b19-9-,20-10-.